The van der Waals surface area contributed by atoms with Gasteiger partial charge >= 0.3 is 0 Å². The molecule has 4 heterocycles. The van der Waals surface area contributed by atoms with Crippen LogP contribution in [0.1, 0.15) is 48.9 Å². The zero-order valence-electron chi connectivity index (χ0n) is 34.3. The molecular formula is C51H42N2O8S2. The van der Waals surface area contributed by atoms with Crippen LogP contribution in [0.15, 0.2) is 191 Å². The van der Waals surface area contributed by atoms with E-state index in [-0.39, 0.29) is 22.6 Å². The van der Waals surface area contributed by atoms with E-state index in [0.717, 1.165) is 0 Å². The van der Waals surface area contributed by atoms with E-state index in [1.165, 1.54) is 0 Å². The molecule has 0 spiro atoms. The van der Waals surface area contributed by atoms with Crippen LogP contribution < -0.4 is 30.4 Å². The summed E-state index contributed by atoms with van der Waals surface area (Å²) >= 11 is 0. The van der Waals surface area contributed by atoms with E-state index in [0.29, 0.717) is 79.6 Å². The largest absolute Gasteiger partial charge is 0.457 e. The summed E-state index contributed by atoms with van der Waals surface area (Å²) < 4.78 is 82.2. The molecule has 6 aromatic carbocycles. The van der Waals surface area contributed by atoms with Crippen LogP contribution in [-0.4, -0.2) is 16.8 Å². The van der Waals surface area contributed by atoms with Crippen molar-refractivity contribution in [1.82, 2.24) is 0 Å². The number of nitrogens with two attached hydrogens (primary N) is 2. The molecule has 63 heavy (non-hydrogen) atoms. The van der Waals surface area contributed by atoms with Crippen molar-refractivity contribution in [3.63, 3.8) is 0 Å². The average Bonchev–Trinajstić information content (AvgIpc) is 3.71. The van der Waals surface area contributed by atoms with Crippen LogP contribution in [-0.2, 0) is 34.6 Å². The molecule has 12 heteroatoms. The predicted molar refractivity (Wildman–Crippen MR) is 242 cm³/mol. The molecule has 4 N–H and O–H groups in total. The molecule has 0 fully saturated rings. The molecule has 316 valence electrons. The fraction of sp³-hybridized carbons (Fsp3) is 0.137. The van der Waals surface area contributed by atoms with Gasteiger partial charge in [-0.05, 0) is 110 Å². The molecule has 4 aliphatic heterocycles. The van der Waals surface area contributed by atoms with Crippen LogP contribution in [0.2, 0.25) is 0 Å². The van der Waals surface area contributed by atoms with Gasteiger partial charge in [-0.1, -0.05) is 74.5 Å². The molecule has 12 rings (SSSR count). The highest BCUT2D eigenvalue weighted by Gasteiger charge is 2.52. The van der Waals surface area contributed by atoms with Crippen LogP contribution >= 0.6 is 0 Å². The van der Waals surface area contributed by atoms with E-state index in [1.807, 2.05) is 50.3 Å². The number of rotatable bonds is 10. The van der Waals surface area contributed by atoms with E-state index < -0.39 is 34.6 Å². The lowest BCUT2D eigenvalue weighted by Gasteiger charge is -2.35. The summed E-state index contributed by atoms with van der Waals surface area (Å²) in [5.41, 5.74) is 14.4. The zero-order chi connectivity index (χ0) is 43.8. The van der Waals surface area contributed by atoms with Gasteiger partial charge in [-0.3, -0.25) is 0 Å². The third-order valence-corrected chi connectivity index (χ3v) is 17.1. The number of fused-ring (bicyclic) bond motifs is 2. The first kappa shape index (κ1) is 40.1. The quantitative estimate of drug-likeness (QED) is 0.127. The van der Waals surface area contributed by atoms with Gasteiger partial charge in [-0.25, -0.2) is 16.8 Å². The minimum absolute atomic E-state index is 0.120. The number of anilines is 2. The van der Waals surface area contributed by atoms with E-state index >= 15 is 0 Å². The van der Waals surface area contributed by atoms with Crippen LogP contribution in [0.5, 0.6) is 34.5 Å². The molecule has 0 saturated carbocycles. The van der Waals surface area contributed by atoms with Crippen LogP contribution in [0.4, 0.5) is 11.4 Å². The smallest absolute Gasteiger partial charge is 0.192 e. The Bertz CT molecular complexity index is 2990. The van der Waals surface area contributed by atoms with Gasteiger partial charge in [0.05, 0.1) is 9.79 Å². The van der Waals surface area contributed by atoms with Crippen molar-refractivity contribution in [2.24, 2.45) is 0 Å². The minimum atomic E-state index is -4.10. The lowest BCUT2D eigenvalue weighted by molar-refractivity contribution is 0.413. The number of hydrogen-bond donors (Lipinski definition) is 2. The summed E-state index contributed by atoms with van der Waals surface area (Å²) in [5.74, 6) is 3.87. The number of para-hydroxylation sites is 2. The van der Waals surface area contributed by atoms with Crippen LogP contribution in [0.3, 0.4) is 0 Å². The second kappa shape index (κ2) is 14.5. The minimum Gasteiger partial charge on any atom is -0.457 e. The first-order valence-electron chi connectivity index (χ1n) is 20.4. The van der Waals surface area contributed by atoms with E-state index in [1.54, 1.807) is 133 Å². The van der Waals surface area contributed by atoms with Gasteiger partial charge in [-0.2, -0.15) is 0 Å². The van der Waals surface area contributed by atoms with Gasteiger partial charge in [0.25, 0.3) is 0 Å². The molecule has 0 amide bonds. The third kappa shape index (κ3) is 6.43. The molecule has 2 atom stereocenters. The van der Waals surface area contributed by atoms with Crippen molar-refractivity contribution in [2.75, 3.05) is 11.5 Å². The van der Waals surface area contributed by atoms with Gasteiger partial charge in [0.15, 0.2) is 19.7 Å². The van der Waals surface area contributed by atoms with Crippen molar-refractivity contribution >= 4 is 31.0 Å². The number of nitrogen functional groups attached to an aromatic ring is 2. The first-order valence-corrected chi connectivity index (χ1v) is 23.4. The SMILES string of the molecule is CC(C)(c1cccc2c1OC1=CCC2(S(=O)(=O)c2ccc(Oc3cccc(N)c3)cc2)C=C1)c1cccc2c1OC1=CCC2(S(=O)(=O)c2ccc(Oc3cccc(N)c3)cc2)C=C1. The van der Waals surface area contributed by atoms with Crippen molar-refractivity contribution in [1.29, 1.82) is 0 Å². The number of allylic oxidation sites excluding steroid dienone is 4. The maximum Gasteiger partial charge on any atom is 0.192 e. The second-order valence-corrected chi connectivity index (χ2v) is 21.0. The number of ether oxygens (including phenoxy) is 4. The van der Waals surface area contributed by atoms with Crippen molar-refractivity contribution < 1.29 is 35.8 Å². The molecular weight excluding hydrogens is 833 g/mol. The predicted octanol–water partition coefficient (Wildman–Crippen LogP) is 10.6. The fourth-order valence-corrected chi connectivity index (χ4v) is 12.8. The van der Waals surface area contributed by atoms with Crippen molar-refractivity contribution in [3.05, 3.63) is 204 Å². The summed E-state index contributed by atoms with van der Waals surface area (Å²) in [5, 5.41) is 0. The molecule has 0 saturated heterocycles. The Morgan fingerprint density at radius 1 is 0.524 bits per heavy atom. The second-order valence-electron chi connectivity index (χ2n) is 16.6. The molecule has 2 unspecified atom stereocenters. The first-order chi connectivity index (χ1) is 30.2. The van der Waals surface area contributed by atoms with Gasteiger partial charge in [0.1, 0.15) is 55.5 Å². The lowest BCUT2D eigenvalue weighted by Crippen LogP contribution is -2.35. The molecule has 0 aromatic heterocycles. The summed E-state index contributed by atoms with van der Waals surface area (Å²) in [7, 11) is -8.20. The van der Waals surface area contributed by atoms with Gasteiger partial charge in [-0.15, -0.1) is 0 Å². The topological polar surface area (TPSA) is 157 Å². The molecule has 6 aromatic rings. The van der Waals surface area contributed by atoms with Crippen molar-refractivity contribution in [3.8, 4) is 34.5 Å². The Morgan fingerprint density at radius 3 is 1.29 bits per heavy atom. The third-order valence-electron chi connectivity index (χ3n) is 12.4. The normalized spacial score (nSPS) is 19.7. The highest BCUT2D eigenvalue weighted by Crippen LogP contribution is 2.56. The highest BCUT2D eigenvalue weighted by atomic mass is 32.2. The molecule has 10 nitrogen and oxygen atoms in total. The summed E-state index contributed by atoms with van der Waals surface area (Å²) in [6, 6.07) is 37.9. The standard InChI is InChI=1S/C51H42N2O8S2/c1-49(2,43-11-5-13-45-47(43)60-37-23-27-50(45,28-24-37)62(54,55)41-19-15-35(16-20-41)58-39-9-3-7-33(52)31-39)44-12-6-14-46-48(44)61-38-25-29-51(46,30-26-38)63(56,57)42-21-17-36(18-22-42)59-40-10-4-8-34(53)32-40/h3-27,29,31-32H,28,30,52-53H2,1-2H3. The van der Waals surface area contributed by atoms with Gasteiger partial charge < -0.3 is 30.4 Å². The molecule has 4 bridgehead atoms. The molecule has 2 aliphatic carbocycles. The van der Waals surface area contributed by atoms with Crippen molar-refractivity contribution in [2.45, 2.75) is 51.4 Å². The summed E-state index contributed by atoms with van der Waals surface area (Å²) in [6.07, 6.45) is 10.8. The summed E-state index contributed by atoms with van der Waals surface area (Å²) in [4.78, 5) is 0.240. The Balaban J connectivity index is 1.02. The average molecular weight is 875 g/mol. The Labute approximate surface area is 366 Å². The summed E-state index contributed by atoms with van der Waals surface area (Å²) in [6.45, 7) is 4.02. The Morgan fingerprint density at radius 2 is 0.921 bits per heavy atom. The maximum absolute atomic E-state index is 15.0. The van der Waals surface area contributed by atoms with E-state index in [4.69, 9.17) is 30.4 Å². The number of hydrogen-bond acceptors (Lipinski definition) is 10. The monoisotopic (exact) mass is 874 g/mol. The molecule has 6 aliphatic rings. The Hall–Kier alpha value is -7.02. The highest BCUT2D eigenvalue weighted by molar-refractivity contribution is 7.93. The van der Waals surface area contributed by atoms with E-state index in [2.05, 4.69) is 0 Å². The Kier molecular flexibility index (Phi) is 9.25. The maximum atomic E-state index is 15.0. The lowest BCUT2D eigenvalue weighted by atomic mass is 9.74. The van der Waals surface area contributed by atoms with Crippen LogP contribution in [0.25, 0.3) is 0 Å². The zero-order valence-corrected chi connectivity index (χ0v) is 36.0. The number of sulfone groups is 2. The van der Waals surface area contributed by atoms with E-state index in [9.17, 15) is 16.8 Å². The van der Waals surface area contributed by atoms with Gasteiger partial charge in [0, 0.05) is 51.2 Å². The molecule has 0 radical (unpaired) electrons. The van der Waals surface area contributed by atoms with Gasteiger partial charge in [0.2, 0.25) is 0 Å². The van der Waals surface area contributed by atoms with Crippen LogP contribution in [0, 0.1) is 0 Å². The number of benzene rings is 6. The fourth-order valence-electron chi connectivity index (χ4n) is 9.00.